The topological polar surface area (TPSA) is 58.2 Å². The van der Waals surface area contributed by atoms with Crippen LogP contribution in [0.1, 0.15) is 22.7 Å². The Balaban J connectivity index is 1.91. The van der Waals surface area contributed by atoms with Crippen molar-refractivity contribution in [2.75, 3.05) is 11.9 Å². The lowest BCUT2D eigenvalue weighted by Crippen LogP contribution is -2.32. The molecule has 0 amide bonds. The van der Waals surface area contributed by atoms with Crippen LogP contribution in [0.4, 0.5) is 5.69 Å². The standard InChI is InChI=1S/C23H21Br2ClN2O2S/c1-16-10-12-18(13-11-16)31(29,30)27-15-22(19-7-3-4-8-20(19)26)28-21-9-5-2-6-17(21)14-23(24)25/h2-14,22,27-28H,15H2,1H3. The number of sulfonamides is 1. The highest BCUT2D eigenvalue weighted by atomic mass is 79.9. The largest absolute Gasteiger partial charge is 0.376 e. The van der Waals surface area contributed by atoms with Crippen molar-refractivity contribution in [1.29, 1.82) is 0 Å². The summed E-state index contributed by atoms with van der Waals surface area (Å²) in [5, 5.41) is 4.01. The minimum absolute atomic E-state index is 0.119. The van der Waals surface area contributed by atoms with Crippen molar-refractivity contribution in [3.63, 3.8) is 0 Å². The van der Waals surface area contributed by atoms with Gasteiger partial charge in [0.1, 0.15) is 0 Å². The average molecular weight is 585 g/mol. The summed E-state index contributed by atoms with van der Waals surface area (Å²) in [6.45, 7) is 2.03. The molecule has 0 aliphatic heterocycles. The number of halogens is 3. The Morgan fingerprint density at radius 1 is 1.00 bits per heavy atom. The van der Waals surface area contributed by atoms with Crippen molar-refractivity contribution in [2.24, 2.45) is 0 Å². The molecule has 2 N–H and O–H groups in total. The second-order valence-electron chi connectivity index (χ2n) is 6.90. The third-order valence-electron chi connectivity index (χ3n) is 4.64. The van der Waals surface area contributed by atoms with E-state index < -0.39 is 16.1 Å². The molecule has 3 aromatic rings. The van der Waals surface area contributed by atoms with Gasteiger partial charge in [-0.1, -0.05) is 65.7 Å². The van der Waals surface area contributed by atoms with E-state index in [9.17, 15) is 8.42 Å². The van der Waals surface area contributed by atoms with E-state index in [0.29, 0.717) is 5.02 Å². The molecule has 0 aliphatic rings. The third-order valence-corrected chi connectivity index (χ3v) is 6.89. The molecule has 0 bridgehead atoms. The Morgan fingerprint density at radius 2 is 1.65 bits per heavy atom. The maximum Gasteiger partial charge on any atom is 0.240 e. The second-order valence-corrected chi connectivity index (χ2v) is 11.9. The molecule has 1 atom stereocenters. The highest BCUT2D eigenvalue weighted by Crippen LogP contribution is 2.30. The predicted octanol–water partition coefficient (Wildman–Crippen LogP) is 6.87. The highest BCUT2D eigenvalue weighted by Gasteiger charge is 2.20. The summed E-state index contributed by atoms with van der Waals surface area (Å²) in [5.74, 6) is 0. The summed E-state index contributed by atoms with van der Waals surface area (Å²) in [6.07, 6.45) is 1.92. The molecule has 31 heavy (non-hydrogen) atoms. The summed E-state index contributed by atoms with van der Waals surface area (Å²) >= 11 is 13.2. The zero-order valence-electron chi connectivity index (χ0n) is 16.6. The minimum atomic E-state index is -3.67. The lowest BCUT2D eigenvalue weighted by atomic mass is 10.1. The molecule has 3 aromatic carbocycles. The molecule has 0 saturated heterocycles. The second kappa shape index (κ2) is 10.8. The van der Waals surface area contributed by atoms with Gasteiger partial charge in [0.15, 0.2) is 0 Å². The van der Waals surface area contributed by atoms with Crippen LogP contribution in [0.25, 0.3) is 6.08 Å². The third kappa shape index (κ3) is 6.67. The van der Waals surface area contributed by atoms with Crippen LogP contribution in [0, 0.1) is 6.92 Å². The molecular weight excluding hydrogens is 564 g/mol. The van der Waals surface area contributed by atoms with Crippen molar-refractivity contribution in [1.82, 2.24) is 4.72 Å². The Kier molecular flexibility index (Phi) is 8.36. The predicted molar refractivity (Wildman–Crippen MR) is 136 cm³/mol. The smallest absolute Gasteiger partial charge is 0.240 e. The normalized spacial score (nSPS) is 12.3. The van der Waals surface area contributed by atoms with Gasteiger partial charge in [0, 0.05) is 17.3 Å². The van der Waals surface area contributed by atoms with E-state index in [1.54, 1.807) is 30.3 Å². The Hall–Kier alpha value is -1.64. The van der Waals surface area contributed by atoms with Crippen molar-refractivity contribution < 1.29 is 8.42 Å². The van der Waals surface area contributed by atoms with Crippen molar-refractivity contribution in [2.45, 2.75) is 17.9 Å². The fourth-order valence-corrected chi connectivity index (χ4v) is 4.86. The molecule has 0 saturated carbocycles. The maximum absolute atomic E-state index is 12.8. The van der Waals surface area contributed by atoms with Gasteiger partial charge in [-0.2, -0.15) is 0 Å². The highest BCUT2D eigenvalue weighted by molar-refractivity contribution is 9.28. The van der Waals surface area contributed by atoms with Crippen molar-refractivity contribution in [3.8, 4) is 0 Å². The van der Waals surface area contributed by atoms with E-state index in [0.717, 1.165) is 25.8 Å². The molecule has 0 radical (unpaired) electrons. The molecule has 4 nitrogen and oxygen atoms in total. The molecule has 0 spiro atoms. The Morgan fingerprint density at radius 3 is 2.32 bits per heavy atom. The van der Waals surface area contributed by atoms with Gasteiger partial charge in [-0.15, -0.1) is 0 Å². The van der Waals surface area contributed by atoms with Gasteiger partial charge in [0.05, 0.1) is 14.3 Å². The zero-order chi connectivity index (χ0) is 22.4. The van der Waals surface area contributed by atoms with Crippen LogP contribution in [0.15, 0.2) is 81.1 Å². The summed E-state index contributed by atoms with van der Waals surface area (Å²) in [6, 6.07) is 21.5. The number of rotatable bonds is 8. The number of nitrogens with one attached hydrogen (secondary N) is 2. The molecule has 0 fully saturated rings. The number of aryl methyl sites for hydroxylation is 1. The molecule has 3 rings (SSSR count). The summed E-state index contributed by atoms with van der Waals surface area (Å²) in [4.78, 5) is 0.225. The fourth-order valence-electron chi connectivity index (χ4n) is 3.05. The number of hydrogen-bond donors (Lipinski definition) is 2. The minimum Gasteiger partial charge on any atom is -0.376 e. The number of hydrogen-bond acceptors (Lipinski definition) is 3. The first-order valence-corrected chi connectivity index (χ1v) is 12.9. The van der Waals surface area contributed by atoms with E-state index in [2.05, 4.69) is 41.9 Å². The molecule has 1 unspecified atom stereocenters. The molecule has 8 heteroatoms. The summed E-state index contributed by atoms with van der Waals surface area (Å²) in [5.41, 5.74) is 3.58. The van der Waals surface area contributed by atoms with Crippen LogP contribution in [-0.4, -0.2) is 15.0 Å². The van der Waals surface area contributed by atoms with Crippen molar-refractivity contribution in [3.05, 3.63) is 97.9 Å². The number of benzene rings is 3. The van der Waals surface area contributed by atoms with Crippen LogP contribution in [-0.2, 0) is 10.0 Å². The van der Waals surface area contributed by atoms with Crippen molar-refractivity contribution >= 4 is 65.2 Å². The molecule has 0 aliphatic carbocycles. The van der Waals surface area contributed by atoms with Gasteiger partial charge in [-0.05, 0) is 80.3 Å². The molecule has 162 valence electrons. The van der Waals surface area contributed by atoms with Crippen LogP contribution in [0.5, 0.6) is 0 Å². The van der Waals surface area contributed by atoms with Crippen LogP contribution >= 0.6 is 43.5 Å². The van der Waals surface area contributed by atoms with Gasteiger partial charge >= 0.3 is 0 Å². The monoisotopic (exact) mass is 582 g/mol. The first-order valence-electron chi connectivity index (χ1n) is 9.45. The molecule has 0 heterocycles. The van der Waals surface area contributed by atoms with Gasteiger partial charge in [-0.3, -0.25) is 0 Å². The lowest BCUT2D eigenvalue weighted by molar-refractivity contribution is 0.576. The van der Waals surface area contributed by atoms with E-state index in [1.165, 1.54) is 0 Å². The summed E-state index contributed by atoms with van der Waals surface area (Å²) in [7, 11) is -3.67. The average Bonchev–Trinajstić information content (AvgIpc) is 2.73. The van der Waals surface area contributed by atoms with E-state index >= 15 is 0 Å². The zero-order valence-corrected chi connectivity index (χ0v) is 21.4. The van der Waals surface area contributed by atoms with Gasteiger partial charge in [0.2, 0.25) is 10.0 Å². The number of para-hydroxylation sites is 1. The number of anilines is 1. The first kappa shape index (κ1) is 24.0. The first-order chi connectivity index (χ1) is 14.8. The van der Waals surface area contributed by atoms with Crippen LogP contribution < -0.4 is 10.0 Å². The Labute approximate surface area is 205 Å². The van der Waals surface area contributed by atoms with Crippen LogP contribution in [0.3, 0.4) is 0 Å². The summed E-state index contributed by atoms with van der Waals surface area (Å²) < 4.78 is 29.2. The lowest BCUT2D eigenvalue weighted by Gasteiger charge is -2.23. The van der Waals surface area contributed by atoms with Gasteiger partial charge in [-0.25, -0.2) is 13.1 Å². The van der Waals surface area contributed by atoms with E-state index in [1.807, 2.05) is 55.5 Å². The Bertz CT molecular complexity index is 1180. The van der Waals surface area contributed by atoms with Gasteiger partial charge < -0.3 is 5.32 Å². The fraction of sp³-hybridized carbons (Fsp3) is 0.130. The van der Waals surface area contributed by atoms with Gasteiger partial charge in [0.25, 0.3) is 0 Å². The maximum atomic E-state index is 12.8. The molecular formula is C23H21Br2ClN2O2S. The SMILES string of the molecule is Cc1ccc(S(=O)(=O)NCC(Nc2ccccc2C=C(Br)Br)c2ccccc2Cl)cc1. The van der Waals surface area contributed by atoms with E-state index in [4.69, 9.17) is 11.6 Å². The van der Waals surface area contributed by atoms with Crippen LogP contribution in [0.2, 0.25) is 5.02 Å². The van der Waals surface area contributed by atoms with E-state index in [-0.39, 0.29) is 11.4 Å². The molecule has 0 aromatic heterocycles. The quantitative estimate of drug-likeness (QED) is 0.304.